The molecule has 1 fully saturated rings. The number of anilines is 1. The number of aldehydes is 1. The molecule has 0 atom stereocenters. The van der Waals surface area contributed by atoms with E-state index in [1.54, 1.807) is 37.1 Å². The fourth-order valence-electron chi connectivity index (χ4n) is 3.29. The Morgan fingerprint density at radius 1 is 1.36 bits per heavy atom. The van der Waals surface area contributed by atoms with E-state index in [1.165, 1.54) is 0 Å². The number of benzene rings is 1. The van der Waals surface area contributed by atoms with Gasteiger partial charge < -0.3 is 9.69 Å². The summed E-state index contributed by atoms with van der Waals surface area (Å²) in [6, 6.07) is 5.14. The first kappa shape index (κ1) is 16.3. The van der Waals surface area contributed by atoms with Crippen molar-refractivity contribution < 1.29 is 9.59 Å². The summed E-state index contributed by atoms with van der Waals surface area (Å²) in [5.74, 6) is 0.00922. The minimum Gasteiger partial charge on any atom is -0.315 e. The zero-order valence-electron chi connectivity index (χ0n) is 13.2. The molecule has 22 heavy (non-hydrogen) atoms. The summed E-state index contributed by atoms with van der Waals surface area (Å²) in [7, 11) is 1.73. The predicted molar refractivity (Wildman–Crippen MR) is 86.2 cm³/mol. The van der Waals surface area contributed by atoms with Crippen molar-refractivity contribution in [1.82, 2.24) is 0 Å². The van der Waals surface area contributed by atoms with Crippen LogP contribution in [-0.2, 0) is 9.59 Å². The number of rotatable bonds is 6. The van der Waals surface area contributed by atoms with E-state index >= 15 is 0 Å². The average molecular weight is 302 g/mol. The van der Waals surface area contributed by atoms with E-state index < -0.39 is 0 Å². The molecular weight excluding hydrogens is 280 g/mol. The zero-order chi connectivity index (χ0) is 16.2. The van der Waals surface area contributed by atoms with Crippen LogP contribution in [0.5, 0.6) is 0 Å². The fourth-order valence-corrected chi connectivity index (χ4v) is 3.29. The minimum absolute atomic E-state index is 0.00922. The lowest BCUT2D eigenvalue weighted by Crippen LogP contribution is -2.32. The lowest BCUT2D eigenvalue weighted by atomic mass is 9.79. The third-order valence-corrected chi connectivity index (χ3v) is 4.75. The molecule has 1 amide bonds. The second-order valence-electron chi connectivity index (χ2n) is 6.27. The third-order valence-electron chi connectivity index (χ3n) is 4.75. The molecular formula is C17H22N2O3. The van der Waals surface area contributed by atoms with E-state index in [1.807, 2.05) is 0 Å². The maximum atomic E-state index is 12.6. The van der Waals surface area contributed by atoms with Crippen molar-refractivity contribution >= 4 is 23.6 Å². The first-order valence-electron chi connectivity index (χ1n) is 7.65. The van der Waals surface area contributed by atoms with Gasteiger partial charge in [-0.15, -0.1) is 4.91 Å². The van der Waals surface area contributed by atoms with Crippen LogP contribution in [0.25, 0.3) is 0 Å². The maximum Gasteiger partial charge on any atom is 0.227 e. The van der Waals surface area contributed by atoms with Gasteiger partial charge in [-0.25, -0.2) is 0 Å². The first-order valence-corrected chi connectivity index (χ1v) is 7.65. The van der Waals surface area contributed by atoms with Gasteiger partial charge in [0.05, 0.1) is 0 Å². The Morgan fingerprint density at radius 2 is 2.05 bits per heavy atom. The molecule has 5 nitrogen and oxygen atoms in total. The molecule has 1 aromatic carbocycles. The quantitative estimate of drug-likeness (QED) is 0.591. The summed E-state index contributed by atoms with van der Waals surface area (Å²) >= 11 is 0. The van der Waals surface area contributed by atoms with Crippen LogP contribution in [0.2, 0.25) is 0 Å². The number of hydrogen-bond donors (Lipinski definition) is 0. The standard InChI is InChI=1S/C17H22N2O3/c1-13-11-14(5-6-15(13)18-22)19(2)16(21)12-17(9-10-20)7-3-4-8-17/h5-6,10-11H,3-4,7-9,12H2,1-2H3. The summed E-state index contributed by atoms with van der Waals surface area (Å²) in [6.45, 7) is 1.80. The topological polar surface area (TPSA) is 66.8 Å². The molecule has 0 aromatic heterocycles. The van der Waals surface area contributed by atoms with Crippen molar-refractivity contribution in [2.45, 2.75) is 45.4 Å². The summed E-state index contributed by atoms with van der Waals surface area (Å²) in [4.78, 5) is 35.7. The van der Waals surface area contributed by atoms with Gasteiger partial charge in [-0.05, 0) is 54.1 Å². The number of nitroso groups, excluding NO2 is 1. The van der Waals surface area contributed by atoms with E-state index in [4.69, 9.17) is 0 Å². The predicted octanol–water partition coefficient (Wildman–Crippen LogP) is 3.90. The molecule has 1 aliphatic rings. The Balaban J connectivity index is 2.13. The normalized spacial score (nSPS) is 16.3. The molecule has 0 N–H and O–H groups in total. The van der Waals surface area contributed by atoms with Crippen LogP contribution in [0.4, 0.5) is 11.4 Å². The number of carbonyl (C=O) groups is 2. The molecule has 0 unspecified atom stereocenters. The number of hydrogen-bond acceptors (Lipinski definition) is 4. The van der Waals surface area contributed by atoms with Gasteiger partial charge in [0.1, 0.15) is 12.0 Å². The van der Waals surface area contributed by atoms with Gasteiger partial charge in [0.2, 0.25) is 5.91 Å². The van der Waals surface area contributed by atoms with Crippen molar-refractivity contribution in [3.05, 3.63) is 28.7 Å². The Labute approximate surface area is 130 Å². The molecule has 0 saturated heterocycles. The van der Waals surface area contributed by atoms with Crippen LogP contribution in [-0.4, -0.2) is 19.2 Å². The second kappa shape index (κ2) is 6.81. The molecule has 1 aromatic rings. The molecule has 1 aliphatic carbocycles. The summed E-state index contributed by atoms with van der Waals surface area (Å²) in [6.07, 6.45) is 5.85. The molecule has 0 heterocycles. The maximum absolute atomic E-state index is 12.6. The highest BCUT2D eigenvalue weighted by atomic mass is 16.3. The van der Waals surface area contributed by atoms with Gasteiger partial charge in [0.25, 0.3) is 0 Å². The van der Waals surface area contributed by atoms with Gasteiger partial charge in [-0.1, -0.05) is 12.8 Å². The smallest absolute Gasteiger partial charge is 0.227 e. The number of amides is 1. The average Bonchev–Trinajstić information content (AvgIpc) is 2.95. The van der Waals surface area contributed by atoms with Gasteiger partial charge in [0.15, 0.2) is 0 Å². The lowest BCUT2D eigenvalue weighted by Gasteiger charge is -2.28. The molecule has 0 bridgehead atoms. The van der Waals surface area contributed by atoms with E-state index in [0.29, 0.717) is 18.5 Å². The van der Waals surface area contributed by atoms with Crippen LogP contribution in [0.15, 0.2) is 23.4 Å². The van der Waals surface area contributed by atoms with Crippen molar-refractivity contribution in [2.24, 2.45) is 10.6 Å². The highest BCUT2D eigenvalue weighted by Crippen LogP contribution is 2.44. The molecule has 2 rings (SSSR count). The van der Waals surface area contributed by atoms with Crippen molar-refractivity contribution in [3.8, 4) is 0 Å². The number of carbonyl (C=O) groups excluding carboxylic acids is 2. The van der Waals surface area contributed by atoms with Crippen molar-refractivity contribution in [1.29, 1.82) is 0 Å². The van der Waals surface area contributed by atoms with Crippen molar-refractivity contribution in [2.75, 3.05) is 11.9 Å². The lowest BCUT2D eigenvalue weighted by molar-refractivity contribution is -0.121. The van der Waals surface area contributed by atoms with Crippen LogP contribution in [0.1, 0.15) is 44.1 Å². The van der Waals surface area contributed by atoms with E-state index in [2.05, 4.69) is 5.18 Å². The highest BCUT2D eigenvalue weighted by Gasteiger charge is 2.36. The van der Waals surface area contributed by atoms with E-state index in [9.17, 15) is 14.5 Å². The monoisotopic (exact) mass is 302 g/mol. The molecule has 5 heteroatoms. The van der Waals surface area contributed by atoms with Crippen LogP contribution >= 0.6 is 0 Å². The van der Waals surface area contributed by atoms with Gasteiger partial charge in [-0.2, -0.15) is 0 Å². The highest BCUT2D eigenvalue weighted by molar-refractivity contribution is 5.93. The first-order chi connectivity index (χ1) is 10.5. The Hall–Kier alpha value is -2.04. The summed E-state index contributed by atoms with van der Waals surface area (Å²) in [5, 5.41) is 2.94. The summed E-state index contributed by atoms with van der Waals surface area (Å²) in [5.41, 5.74) is 1.72. The SMILES string of the molecule is Cc1cc(N(C)C(=O)CC2(CC=O)CCCC2)ccc1N=O. The van der Waals surface area contributed by atoms with Crippen molar-refractivity contribution in [3.63, 3.8) is 0 Å². The van der Waals surface area contributed by atoms with Crippen LogP contribution < -0.4 is 4.90 Å². The molecule has 118 valence electrons. The molecule has 0 aliphatic heterocycles. The van der Waals surface area contributed by atoms with Crippen LogP contribution in [0.3, 0.4) is 0 Å². The van der Waals surface area contributed by atoms with Gasteiger partial charge in [0, 0.05) is 25.6 Å². The Morgan fingerprint density at radius 3 is 2.59 bits per heavy atom. The minimum atomic E-state index is -0.160. The van der Waals surface area contributed by atoms with E-state index in [-0.39, 0.29) is 11.3 Å². The molecule has 0 radical (unpaired) electrons. The second-order valence-corrected chi connectivity index (χ2v) is 6.27. The zero-order valence-corrected chi connectivity index (χ0v) is 13.2. The Kier molecular flexibility index (Phi) is 5.06. The molecule has 1 saturated carbocycles. The Bertz CT molecular complexity index is 577. The largest absolute Gasteiger partial charge is 0.315 e. The van der Waals surface area contributed by atoms with Crippen LogP contribution in [0, 0.1) is 17.2 Å². The fraction of sp³-hybridized carbons (Fsp3) is 0.529. The van der Waals surface area contributed by atoms with Gasteiger partial charge in [-0.3, -0.25) is 4.79 Å². The van der Waals surface area contributed by atoms with E-state index in [0.717, 1.165) is 43.2 Å². The number of nitrogens with zero attached hydrogens (tertiary/aromatic N) is 2. The summed E-state index contributed by atoms with van der Waals surface area (Å²) < 4.78 is 0. The number of aryl methyl sites for hydroxylation is 1. The third kappa shape index (κ3) is 3.40. The molecule has 0 spiro atoms. The van der Waals surface area contributed by atoms with Gasteiger partial charge >= 0.3 is 0 Å².